The highest BCUT2D eigenvalue weighted by Gasteiger charge is 2.54. The molecule has 0 radical (unpaired) electrons. The van der Waals surface area contributed by atoms with Gasteiger partial charge in [-0.15, -0.1) is 0 Å². The molecule has 1 amide bonds. The summed E-state index contributed by atoms with van der Waals surface area (Å²) in [4.78, 5) is 11.0. The molecule has 2 unspecified atom stereocenters. The van der Waals surface area contributed by atoms with Gasteiger partial charge in [0.05, 0.1) is 5.92 Å². The van der Waals surface area contributed by atoms with Crippen LogP contribution in [0.2, 0.25) is 0 Å². The molecule has 10 heavy (non-hydrogen) atoms. The van der Waals surface area contributed by atoms with E-state index in [1.165, 1.54) is 6.42 Å². The Kier molecular flexibility index (Phi) is 0.636. The van der Waals surface area contributed by atoms with E-state index in [-0.39, 0.29) is 5.91 Å². The Morgan fingerprint density at radius 1 is 1.40 bits per heavy atom. The summed E-state index contributed by atoms with van der Waals surface area (Å²) >= 11 is 0. The Bertz CT molecular complexity index is 233. The summed E-state index contributed by atoms with van der Waals surface area (Å²) in [5, 5.41) is 2.95. The van der Waals surface area contributed by atoms with Crippen molar-refractivity contribution in [2.24, 2.45) is 17.8 Å². The van der Waals surface area contributed by atoms with Crippen molar-refractivity contribution < 1.29 is 4.79 Å². The van der Waals surface area contributed by atoms with Gasteiger partial charge >= 0.3 is 0 Å². The monoisotopic (exact) mass is 135 g/mol. The van der Waals surface area contributed by atoms with Gasteiger partial charge in [0.1, 0.15) is 0 Å². The molecule has 3 aliphatic rings. The lowest BCUT2D eigenvalue weighted by Gasteiger charge is -2.37. The third-order valence-corrected chi connectivity index (χ3v) is 3.07. The van der Waals surface area contributed by atoms with Crippen LogP contribution in [-0.2, 0) is 4.79 Å². The molecule has 1 saturated carbocycles. The molecular weight excluding hydrogens is 126 g/mol. The van der Waals surface area contributed by atoms with Crippen LogP contribution >= 0.6 is 0 Å². The Hall–Kier alpha value is -0.790. The fourth-order valence-electron chi connectivity index (χ4n) is 2.54. The number of hydrogen-bond acceptors (Lipinski definition) is 1. The predicted molar refractivity (Wildman–Crippen MR) is 36.2 cm³/mol. The highest BCUT2D eigenvalue weighted by Crippen LogP contribution is 2.47. The lowest BCUT2D eigenvalue weighted by atomic mass is 9.82. The molecule has 2 bridgehead atoms. The maximum atomic E-state index is 11.0. The van der Waals surface area contributed by atoms with Crippen molar-refractivity contribution in [2.45, 2.75) is 12.5 Å². The molecule has 0 spiro atoms. The molecule has 2 fully saturated rings. The van der Waals surface area contributed by atoms with Crippen LogP contribution in [-0.4, -0.2) is 11.9 Å². The zero-order valence-corrected chi connectivity index (χ0v) is 5.58. The number of amides is 1. The Morgan fingerprint density at radius 3 is 2.80 bits per heavy atom. The first-order valence-corrected chi connectivity index (χ1v) is 3.85. The topological polar surface area (TPSA) is 29.1 Å². The molecule has 0 aromatic heterocycles. The molecule has 4 atom stereocenters. The molecule has 2 nitrogen and oxygen atoms in total. The summed E-state index contributed by atoms with van der Waals surface area (Å²) in [5.41, 5.74) is 0. The largest absolute Gasteiger partial charge is 0.352 e. The van der Waals surface area contributed by atoms with Gasteiger partial charge < -0.3 is 5.32 Å². The zero-order valence-electron chi connectivity index (χ0n) is 5.58. The lowest BCUT2D eigenvalue weighted by molar-refractivity contribution is -0.135. The van der Waals surface area contributed by atoms with E-state index in [0.717, 1.165) is 0 Å². The second-order valence-corrected chi connectivity index (χ2v) is 3.51. The molecule has 1 heterocycles. The van der Waals surface area contributed by atoms with Crippen LogP contribution < -0.4 is 5.32 Å². The number of rotatable bonds is 0. The molecule has 0 aromatic rings. The first-order valence-electron chi connectivity index (χ1n) is 3.85. The molecule has 2 aliphatic carbocycles. The Balaban J connectivity index is 2.03. The molecule has 1 saturated heterocycles. The van der Waals surface area contributed by atoms with Gasteiger partial charge in [0.25, 0.3) is 0 Å². The van der Waals surface area contributed by atoms with Crippen molar-refractivity contribution in [3.8, 4) is 0 Å². The highest BCUT2D eigenvalue weighted by molar-refractivity contribution is 5.87. The minimum Gasteiger partial charge on any atom is -0.352 e. The third-order valence-electron chi connectivity index (χ3n) is 3.07. The quantitative estimate of drug-likeness (QED) is 0.376. The maximum Gasteiger partial charge on any atom is 0.226 e. The average Bonchev–Trinajstić information content (AvgIpc) is 2.40. The van der Waals surface area contributed by atoms with Crippen LogP contribution in [0.5, 0.6) is 0 Å². The van der Waals surface area contributed by atoms with Crippen LogP contribution in [0.15, 0.2) is 12.2 Å². The molecular formula is C8H9NO. The van der Waals surface area contributed by atoms with Crippen LogP contribution in [0, 0.1) is 17.8 Å². The first kappa shape index (κ1) is 4.94. The number of carbonyl (C=O) groups is 1. The molecule has 3 rings (SSSR count). The molecule has 0 aromatic carbocycles. The highest BCUT2D eigenvalue weighted by atomic mass is 16.2. The summed E-state index contributed by atoms with van der Waals surface area (Å²) in [6, 6.07) is 0.516. The van der Waals surface area contributed by atoms with Crippen molar-refractivity contribution in [1.82, 2.24) is 5.32 Å². The standard InChI is InChI=1S/C8H9NO/c10-8-6-4-1-2-5(3-4)7(6)9-8/h1-2,4-7H,3H2,(H,9,10)/t4-,5-,6?,7?/m0/s1. The normalized spacial score (nSPS) is 54.2. The predicted octanol–water partition coefficient (Wildman–Crippen LogP) is 0.307. The van der Waals surface area contributed by atoms with E-state index in [1.807, 2.05) is 0 Å². The van der Waals surface area contributed by atoms with Crippen molar-refractivity contribution >= 4 is 5.91 Å². The van der Waals surface area contributed by atoms with Crippen LogP contribution in [0.4, 0.5) is 0 Å². The first-order chi connectivity index (χ1) is 4.86. The fourth-order valence-corrected chi connectivity index (χ4v) is 2.54. The minimum absolute atomic E-state index is 0.279. The number of fused-ring (bicyclic) bond motifs is 5. The summed E-state index contributed by atoms with van der Waals surface area (Å²) in [6.45, 7) is 0. The van der Waals surface area contributed by atoms with E-state index in [2.05, 4.69) is 17.5 Å². The van der Waals surface area contributed by atoms with Gasteiger partial charge in [-0.3, -0.25) is 4.79 Å². The number of allylic oxidation sites excluding steroid dienone is 1. The number of hydrogen-bond donors (Lipinski definition) is 1. The smallest absolute Gasteiger partial charge is 0.226 e. The minimum atomic E-state index is 0.279. The van der Waals surface area contributed by atoms with Crippen LogP contribution in [0.3, 0.4) is 0 Å². The van der Waals surface area contributed by atoms with Gasteiger partial charge in [-0.2, -0.15) is 0 Å². The van der Waals surface area contributed by atoms with Crippen molar-refractivity contribution in [1.29, 1.82) is 0 Å². The van der Waals surface area contributed by atoms with Gasteiger partial charge in [0.15, 0.2) is 0 Å². The summed E-state index contributed by atoms with van der Waals surface area (Å²) in [7, 11) is 0. The molecule has 2 heteroatoms. The van der Waals surface area contributed by atoms with Gasteiger partial charge in [-0.25, -0.2) is 0 Å². The Morgan fingerprint density at radius 2 is 2.20 bits per heavy atom. The zero-order chi connectivity index (χ0) is 6.72. The maximum absolute atomic E-state index is 11.0. The lowest BCUT2D eigenvalue weighted by Crippen LogP contribution is -2.59. The molecule has 1 N–H and O–H groups in total. The van der Waals surface area contributed by atoms with Crippen molar-refractivity contribution in [3.63, 3.8) is 0 Å². The third kappa shape index (κ3) is 0.349. The average molecular weight is 135 g/mol. The number of carbonyl (C=O) groups excluding carboxylic acids is 1. The van der Waals surface area contributed by atoms with Gasteiger partial charge in [0.2, 0.25) is 5.91 Å². The van der Waals surface area contributed by atoms with E-state index < -0.39 is 0 Å². The van der Waals surface area contributed by atoms with Crippen molar-refractivity contribution in [3.05, 3.63) is 12.2 Å². The fraction of sp³-hybridized carbons (Fsp3) is 0.625. The van der Waals surface area contributed by atoms with Gasteiger partial charge in [0, 0.05) is 6.04 Å². The molecule has 1 aliphatic heterocycles. The second kappa shape index (κ2) is 1.29. The van der Waals surface area contributed by atoms with E-state index in [4.69, 9.17) is 0 Å². The van der Waals surface area contributed by atoms with Gasteiger partial charge in [-0.1, -0.05) is 12.2 Å². The van der Waals surface area contributed by atoms with E-state index >= 15 is 0 Å². The summed E-state index contributed by atoms with van der Waals surface area (Å²) in [6.07, 6.45) is 5.68. The van der Waals surface area contributed by atoms with E-state index in [1.54, 1.807) is 0 Å². The van der Waals surface area contributed by atoms with E-state index in [9.17, 15) is 4.79 Å². The molecule has 52 valence electrons. The van der Waals surface area contributed by atoms with E-state index in [0.29, 0.717) is 23.8 Å². The Labute approximate surface area is 59.3 Å². The van der Waals surface area contributed by atoms with Crippen LogP contribution in [0.1, 0.15) is 6.42 Å². The van der Waals surface area contributed by atoms with Crippen LogP contribution in [0.25, 0.3) is 0 Å². The summed E-state index contributed by atoms with van der Waals surface area (Å²) < 4.78 is 0. The summed E-state index contributed by atoms with van der Waals surface area (Å²) in [5.74, 6) is 1.90. The SMILES string of the molecule is O=C1NC2C1[C@H]1C=C[C@H]2C1. The second-order valence-electron chi connectivity index (χ2n) is 3.51. The van der Waals surface area contributed by atoms with Crippen molar-refractivity contribution in [2.75, 3.05) is 0 Å². The van der Waals surface area contributed by atoms with Gasteiger partial charge in [-0.05, 0) is 18.3 Å². The number of β-lactam (4-membered cyclic amide) rings is 1. The number of nitrogens with one attached hydrogen (secondary N) is 1.